The Labute approximate surface area is 182 Å². The molecule has 3 aromatic heterocycles. The zero-order valence-corrected chi connectivity index (χ0v) is 17.1. The number of nitro benzene ring substituents is 1. The first kappa shape index (κ1) is 19.2. The first-order chi connectivity index (χ1) is 15.0. The summed E-state index contributed by atoms with van der Waals surface area (Å²) in [4.78, 5) is 28.1. The van der Waals surface area contributed by atoms with Crippen LogP contribution in [0.25, 0.3) is 33.7 Å². The van der Waals surface area contributed by atoms with Gasteiger partial charge in [0.15, 0.2) is 5.82 Å². The molecule has 0 N–H and O–H groups in total. The van der Waals surface area contributed by atoms with Crippen LogP contribution in [-0.4, -0.2) is 19.5 Å². The van der Waals surface area contributed by atoms with E-state index in [4.69, 9.17) is 16.0 Å². The number of hydrogen-bond donors (Lipinski definition) is 0. The molecule has 5 aromatic rings. The Morgan fingerprint density at radius 2 is 1.90 bits per heavy atom. The van der Waals surface area contributed by atoms with Crippen molar-refractivity contribution in [3.05, 3.63) is 96.4 Å². The highest BCUT2D eigenvalue weighted by atomic mass is 35.5. The Balaban J connectivity index is 1.50. The lowest BCUT2D eigenvalue weighted by molar-refractivity contribution is -0.384. The second-order valence-corrected chi connectivity index (χ2v) is 8.01. The molecule has 0 aliphatic rings. The average molecular weight is 451 g/mol. The predicted molar refractivity (Wildman–Crippen MR) is 117 cm³/mol. The minimum atomic E-state index is -0.463. The Morgan fingerprint density at radius 3 is 2.68 bits per heavy atom. The summed E-state index contributed by atoms with van der Waals surface area (Å²) in [6.45, 7) is 0. The van der Waals surface area contributed by atoms with E-state index in [1.165, 1.54) is 28.0 Å². The maximum Gasteiger partial charge on any atom is 0.291 e. The summed E-state index contributed by atoms with van der Waals surface area (Å²) in [5.74, 6) is 1.33. The highest BCUT2D eigenvalue weighted by Crippen LogP contribution is 2.26. The van der Waals surface area contributed by atoms with Crippen LogP contribution in [0.4, 0.5) is 5.69 Å². The minimum absolute atomic E-state index is 0.0256. The van der Waals surface area contributed by atoms with E-state index in [-0.39, 0.29) is 11.2 Å². The molecule has 0 spiro atoms. The van der Waals surface area contributed by atoms with E-state index in [0.29, 0.717) is 37.4 Å². The van der Waals surface area contributed by atoms with Crippen molar-refractivity contribution in [3.8, 4) is 22.7 Å². The molecule has 152 valence electrons. The fraction of sp³-hybridized carbons (Fsp3) is 0. The van der Waals surface area contributed by atoms with Crippen molar-refractivity contribution in [1.82, 2.24) is 14.6 Å². The van der Waals surface area contributed by atoms with Crippen LogP contribution in [0.2, 0.25) is 5.02 Å². The number of hydrogen-bond acceptors (Lipinski definition) is 7. The minimum Gasteiger partial charge on any atom is -0.457 e. The molecule has 5 rings (SSSR count). The van der Waals surface area contributed by atoms with E-state index in [1.54, 1.807) is 48.5 Å². The monoisotopic (exact) mass is 450 g/mol. The number of rotatable bonds is 4. The number of nitrogens with zero attached hydrogens (tertiary/aromatic N) is 4. The van der Waals surface area contributed by atoms with Crippen LogP contribution in [-0.2, 0) is 0 Å². The van der Waals surface area contributed by atoms with E-state index < -0.39 is 4.92 Å². The Kier molecular flexibility index (Phi) is 4.61. The van der Waals surface area contributed by atoms with Crippen LogP contribution in [0.5, 0.6) is 0 Å². The molecule has 0 amide bonds. The summed E-state index contributed by atoms with van der Waals surface area (Å²) >= 11 is 7.20. The summed E-state index contributed by atoms with van der Waals surface area (Å²) < 4.78 is 7.42. The predicted octanol–water partition coefficient (Wildman–Crippen LogP) is 4.19. The maximum atomic E-state index is 12.7. The van der Waals surface area contributed by atoms with Gasteiger partial charge in [-0.3, -0.25) is 14.9 Å². The Morgan fingerprint density at radius 1 is 1.10 bits per heavy atom. The van der Waals surface area contributed by atoms with Crippen molar-refractivity contribution >= 4 is 39.7 Å². The molecule has 0 bridgehead atoms. The lowest BCUT2D eigenvalue weighted by Crippen LogP contribution is -2.23. The zero-order valence-electron chi connectivity index (χ0n) is 15.6. The number of benzene rings is 2. The summed E-state index contributed by atoms with van der Waals surface area (Å²) in [5, 5.41) is 15.8. The van der Waals surface area contributed by atoms with Crippen molar-refractivity contribution in [2.75, 3.05) is 0 Å². The summed E-state index contributed by atoms with van der Waals surface area (Å²) in [6, 6.07) is 16.6. The number of nitro groups is 1. The van der Waals surface area contributed by atoms with Crippen LogP contribution in [0.15, 0.2) is 69.9 Å². The maximum absolute atomic E-state index is 12.7. The van der Waals surface area contributed by atoms with E-state index in [0.717, 1.165) is 5.56 Å². The third kappa shape index (κ3) is 3.60. The molecule has 0 unspecified atom stereocenters. The highest BCUT2D eigenvalue weighted by molar-refractivity contribution is 7.15. The van der Waals surface area contributed by atoms with Crippen molar-refractivity contribution in [2.45, 2.75) is 0 Å². The van der Waals surface area contributed by atoms with Crippen molar-refractivity contribution in [2.24, 2.45) is 0 Å². The van der Waals surface area contributed by atoms with E-state index >= 15 is 0 Å². The van der Waals surface area contributed by atoms with Gasteiger partial charge in [-0.05, 0) is 24.3 Å². The number of furan rings is 1. The van der Waals surface area contributed by atoms with Crippen LogP contribution in [0.3, 0.4) is 0 Å². The van der Waals surface area contributed by atoms with Gasteiger partial charge in [-0.15, -0.1) is 5.10 Å². The van der Waals surface area contributed by atoms with Crippen molar-refractivity contribution in [3.63, 3.8) is 0 Å². The van der Waals surface area contributed by atoms with E-state index in [1.807, 2.05) is 6.07 Å². The number of non-ortho nitro benzene ring substituents is 1. The fourth-order valence-electron chi connectivity index (χ4n) is 3.07. The van der Waals surface area contributed by atoms with Crippen molar-refractivity contribution in [1.29, 1.82) is 0 Å². The summed E-state index contributed by atoms with van der Waals surface area (Å²) in [5.41, 5.74) is 0.961. The first-order valence-electron chi connectivity index (χ1n) is 9.00. The quantitative estimate of drug-likeness (QED) is 0.300. The molecule has 0 saturated heterocycles. The summed E-state index contributed by atoms with van der Waals surface area (Å²) in [6.07, 6.45) is 1.60. The molecule has 0 aliphatic heterocycles. The van der Waals surface area contributed by atoms with Gasteiger partial charge in [0.2, 0.25) is 4.96 Å². The fourth-order valence-corrected chi connectivity index (χ4v) is 4.15. The van der Waals surface area contributed by atoms with Gasteiger partial charge in [0.25, 0.3) is 11.2 Å². The number of halogens is 1. The third-order valence-corrected chi connectivity index (χ3v) is 5.70. The van der Waals surface area contributed by atoms with Crippen LogP contribution >= 0.6 is 22.9 Å². The van der Waals surface area contributed by atoms with Gasteiger partial charge < -0.3 is 4.42 Å². The van der Waals surface area contributed by atoms with Crippen LogP contribution < -0.4 is 10.1 Å². The average Bonchev–Trinajstić information content (AvgIpc) is 3.46. The van der Waals surface area contributed by atoms with Crippen LogP contribution in [0, 0.1) is 10.1 Å². The molecular weight excluding hydrogens is 440 g/mol. The molecule has 31 heavy (non-hydrogen) atoms. The largest absolute Gasteiger partial charge is 0.457 e. The summed E-state index contributed by atoms with van der Waals surface area (Å²) in [7, 11) is 0. The van der Waals surface area contributed by atoms with Gasteiger partial charge in [0.1, 0.15) is 16.1 Å². The lowest BCUT2D eigenvalue weighted by Gasteiger charge is -1.96. The standard InChI is InChI=1S/C21H11ClN4O4S/c22-14-5-1-4-13(9-14)19-23-21-25(24-19)20(27)18(31-21)11-16-7-8-17(30-16)12-3-2-6-15(10-12)26(28)29/h1-11H. The molecule has 2 aromatic carbocycles. The van der Waals surface area contributed by atoms with Gasteiger partial charge >= 0.3 is 0 Å². The molecule has 0 fully saturated rings. The normalized spacial score (nSPS) is 12.0. The second-order valence-electron chi connectivity index (χ2n) is 6.57. The number of fused-ring (bicyclic) bond motifs is 1. The lowest BCUT2D eigenvalue weighted by atomic mass is 10.1. The van der Waals surface area contributed by atoms with E-state index in [2.05, 4.69) is 10.1 Å². The van der Waals surface area contributed by atoms with E-state index in [9.17, 15) is 14.9 Å². The molecule has 0 aliphatic carbocycles. The third-order valence-electron chi connectivity index (χ3n) is 4.51. The van der Waals surface area contributed by atoms with Crippen molar-refractivity contribution < 1.29 is 9.34 Å². The molecule has 10 heteroatoms. The number of aromatic nitrogens is 3. The number of thiazole rings is 1. The molecular formula is C21H11ClN4O4S. The first-order valence-corrected chi connectivity index (χ1v) is 10.2. The van der Waals surface area contributed by atoms with Gasteiger partial charge in [-0.25, -0.2) is 0 Å². The molecule has 0 atom stereocenters. The highest BCUT2D eigenvalue weighted by Gasteiger charge is 2.13. The smallest absolute Gasteiger partial charge is 0.291 e. The molecule has 3 heterocycles. The molecule has 8 nitrogen and oxygen atoms in total. The SMILES string of the molecule is O=c1c(=Cc2ccc(-c3cccc([N+](=O)[O-])c3)o2)sc2nc(-c3cccc(Cl)c3)nn12. The Bertz CT molecular complexity index is 1570. The van der Waals surface area contributed by atoms with Gasteiger partial charge in [-0.2, -0.15) is 9.50 Å². The molecule has 0 radical (unpaired) electrons. The topological polar surface area (TPSA) is 104 Å². The molecule has 0 saturated carbocycles. The second kappa shape index (κ2) is 7.46. The Hall–Kier alpha value is -3.82. The van der Waals surface area contributed by atoms with Gasteiger partial charge in [0, 0.05) is 34.4 Å². The van der Waals surface area contributed by atoms with Crippen LogP contribution in [0.1, 0.15) is 5.76 Å². The van der Waals surface area contributed by atoms with Gasteiger partial charge in [-0.1, -0.05) is 47.2 Å². The van der Waals surface area contributed by atoms with Gasteiger partial charge in [0.05, 0.1) is 4.92 Å². The zero-order chi connectivity index (χ0) is 21.5.